The average molecular weight is 453 g/mol. The number of carbonyl (C=O) groups is 1. The highest BCUT2D eigenvalue weighted by Crippen LogP contribution is 2.38. The summed E-state index contributed by atoms with van der Waals surface area (Å²) < 4.78 is 40.6. The molecule has 0 radical (unpaired) electrons. The van der Waals surface area contributed by atoms with Crippen LogP contribution < -0.4 is 4.31 Å². The molecule has 0 spiro atoms. The molecule has 0 atom stereocenters. The number of carboxylic acid groups (broad SMARTS) is 1. The lowest BCUT2D eigenvalue weighted by atomic mass is 10.1. The molecule has 1 N–H and O–H groups in total. The summed E-state index contributed by atoms with van der Waals surface area (Å²) in [6, 6.07) is 15.0. The van der Waals surface area contributed by atoms with E-state index in [1.54, 1.807) is 23.4 Å². The van der Waals surface area contributed by atoms with Crippen molar-refractivity contribution in [2.75, 3.05) is 4.31 Å². The third-order valence-corrected chi connectivity index (χ3v) is 5.46. The van der Waals surface area contributed by atoms with Gasteiger partial charge in [-0.25, -0.2) is 9.78 Å². The molecular formula is C21H16ClF3N2O2S. The Hall–Kier alpha value is -2.71. The van der Waals surface area contributed by atoms with Crippen LogP contribution in [-0.2, 0) is 12.7 Å². The summed E-state index contributed by atoms with van der Waals surface area (Å²) in [5.41, 5.74) is 0.725. The number of aryl methyl sites for hydroxylation is 1. The minimum absolute atomic E-state index is 0.132. The average Bonchev–Trinajstić information content (AvgIpc) is 2.67. The van der Waals surface area contributed by atoms with E-state index in [4.69, 9.17) is 11.6 Å². The Morgan fingerprint density at radius 1 is 1.17 bits per heavy atom. The van der Waals surface area contributed by atoms with Gasteiger partial charge in [0.2, 0.25) is 0 Å². The first kappa shape index (κ1) is 22.0. The molecule has 156 valence electrons. The molecule has 4 nitrogen and oxygen atoms in total. The zero-order valence-electron chi connectivity index (χ0n) is 15.7. The van der Waals surface area contributed by atoms with Crippen LogP contribution in [0.15, 0.2) is 65.7 Å². The number of aromatic carboxylic acids is 1. The van der Waals surface area contributed by atoms with E-state index in [1.165, 1.54) is 18.0 Å². The normalized spacial score (nSPS) is 11.4. The van der Waals surface area contributed by atoms with Crippen LogP contribution in [0.5, 0.6) is 0 Å². The van der Waals surface area contributed by atoms with Crippen LogP contribution in [-0.4, -0.2) is 16.1 Å². The number of nitrogens with zero attached hydrogens (tertiary/aromatic N) is 2. The van der Waals surface area contributed by atoms with Gasteiger partial charge in [-0.15, -0.1) is 0 Å². The second kappa shape index (κ2) is 8.97. The van der Waals surface area contributed by atoms with E-state index in [2.05, 4.69) is 4.98 Å². The number of benzene rings is 2. The van der Waals surface area contributed by atoms with Crippen LogP contribution >= 0.6 is 23.5 Å². The summed E-state index contributed by atoms with van der Waals surface area (Å²) in [7, 11) is 0. The van der Waals surface area contributed by atoms with Crippen LogP contribution in [0.4, 0.5) is 19.0 Å². The third-order valence-electron chi connectivity index (χ3n) is 4.20. The number of rotatable bonds is 6. The van der Waals surface area contributed by atoms with Gasteiger partial charge >= 0.3 is 12.1 Å². The Morgan fingerprint density at radius 2 is 1.87 bits per heavy atom. The minimum Gasteiger partial charge on any atom is -0.478 e. The molecule has 0 aliphatic heterocycles. The number of hydrogen-bond acceptors (Lipinski definition) is 4. The van der Waals surface area contributed by atoms with E-state index in [9.17, 15) is 23.1 Å². The van der Waals surface area contributed by atoms with Gasteiger partial charge in [0.05, 0.1) is 22.7 Å². The first-order valence-corrected chi connectivity index (χ1v) is 9.86. The fourth-order valence-corrected chi connectivity index (χ4v) is 4.11. The highest BCUT2D eigenvalue weighted by molar-refractivity contribution is 8.00. The van der Waals surface area contributed by atoms with Crippen molar-refractivity contribution in [1.29, 1.82) is 0 Å². The van der Waals surface area contributed by atoms with Crippen molar-refractivity contribution in [3.63, 3.8) is 0 Å². The SMILES string of the molecule is Cc1cc(SN(Cc2ccccc2)c2ncc(C(F)(F)F)cc2Cl)ccc1C(=O)O. The van der Waals surface area contributed by atoms with Crippen LogP contribution in [0.1, 0.15) is 27.0 Å². The Labute approximate surface area is 180 Å². The maximum Gasteiger partial charge on any atom is 0.417 e. The number of anilines is 1. The van der Waals surface area contributed by atoms with Gasteiger partial charge in [0, 0.05) is 11.1 Å². The quantitative estimate of drug-likeness (QED) is 0.434. The monoisotopic (exact) mass is 452 g/mol. The fourth-order valence-electron chi connectivity index (χ4n) is 2.73. The highest BCUT2D eigenvalue weighted by atomic mass is 35.5. The van der Waals surface area contributed by atoms with Gasteiger partial charge in [-0.1, -0.05) is 41.9 Å². The van der Waals surface area contributed by atoms with Gasteiger partial charge in [0.1, 0.15) is 0 Å². The summed E-state index contributed by atoms with van der Waals surface area (Å²) in [6.45, 7) is 2.00. The fraction of sp³-hybridized carbons (Fsp3) is 0.143. The van der Waals surface area contributed by atoms with Crippen molar-refractivity contribution in [1.82, 2.24) is 4.98 Å². The van der Waals surface area contributed by atoms with Gasteiger partial charge in [0.25, 0.3) is 0 Å². The molecule has 0 aliphatic rings. The Kier molecular flexibility index (Phi) is 6.58. The van der Waals surface area contributed by atoms with Gasteiger partial charge in [-0.3, -0.25) is 4.31 Å². The standard InChI is InChI=1S/C21H16ClF3N2O2S/c1-13-9-16(7-8-17(13)20(28)29)30-27(12-14-5-3-2-4-6-14)19-18(22)10-15(11-26-19)21(23,24)25/h2-11H,12H2,1H3,(H,28,29). The lowest BCUT2D eigenvalue weighted by Crippen LogP contribution is -2.17. The molecule has 3 aromatic rings. The lowest BCUT2D eigenvalue weighted by molar-refractivity contribution is -0.137. The summed E-state index contributed by atoms with van der Waals surface area (Å²) in [6.07, 6.45) is -3.80. The molecule has 0 fully saturated rings. The highest BCUT2D eigenvalue weighted by Gasteiger charge is 2.32. The predicted molar refractivity (Wildman–Crippen MR) is 111 cm³/mol. The van der Waals surface area contributed by atoms with Gasteiger partial charge in [-0.2, -0.15) is 13.2 Å². The number of halogens is 4. The van der Waals surface area contributed by atoms with Crippen LogP contribution in [0, 0.1) is 6.92 Å². The van der Waals surface area contributed by atoms with E-state index in [0.29, 0.717) is 17.0 Å². The van der Waals surface area contributed by atoms with Crippen LogP contribution in [0.25, 0.3) is 0 Å². The summed E-state index contributed by atoms with van der Waals surface area (Å²) in [4.78, 5) is 15.9. The molecule has 0 aliphatic carbocycles. The van der Waals surface area contributed by atoms with Crippen LogP contribution in [0.2, 0.25) is 5.02 Å². The molecule has 1 aromatic heterocycles. The molecule has 0 saturated heterocycles. The summed E-state index contributed by atoms with van der Waals surface area (Å²) in [5.74, 6) is -0.851. The molecule has 0 unspecified atom stereocenters. The third kappa shape index (κ3) is 5.25. The lowest BCUT2D eigenvalue weighted by Gasteiger charge is -2.24. The van der Waals surface area contributed by atoms with E-state index < -0.39 is 17.7 Å². The summed E-state index contributed by atoms with van der Waals surface area (Å²) in [5, 5.41) is 9.07. The van der Waals surface area contributed by atoms with Crippen molar-refractivity contribution in [3.05, 3.63) is 88.1 Å². The zero-order valence-corrected chi connectivity index (χ0v) is 17.2. The second-order valence-electron chi connectivity index (χ2n) is 6.42. The molecule has 9 heteroatoms. The number of aromatic nitrogens is 1. The number of hydrogen-bond donors (Lipinski definition) is 1. The van der Waals surface area contributed by atoms with Crippen molar-refractivity contribution in [2.45, 2.75) is 24.5 Å². The largest absolute Gasteiger partial charge is 0.478 e. The summed E-state index contributed by atoms with van der Waals surface area (Å²) >= 11 is 7.38. The van der Waals surface area contributed by atoms with E-state index >= 15 is 0 Å². The smallest absolute Gasteiger partial charge is 0.417 e. The Bertz CT molecular complexity index is 1060. The van der Waals surface area contributed by atoms with Crippen molar-refractivity contribution >= 4 is 35.3 Å². The van der Waals surface area contributed by atoms with Crippen molar-refractivity contribution in [3.8, 4) is 0 Å². The van der Waals surface area contributed by atoms with E-state index in [-0.39, 0.29) is 16.4 Å². The Balaban J connectivity index is 1.97. The van der Waals surface area contributed by atoms with E-state index in [0.717, 1.165) is 17.8 Å². The van der Waals surface area contributed by atoms with Gasteiger partial charge < -0.3 is 5.11 Å². The molecule has 1 heterocycles. The van der Waals surface area contributed by atoms with Gasteiger partial charge in [-0.05, 0) is 54.3 Å². The first-order chi connectivity index (χ1) is 14.1. The number of alkyl halides is 3. The maximum absolute atomic E-state index is 13.0. The molecule has 0 amide bonds. The second-order valence-corrected chi connectivity index (χ2v) is 7.92. The van der Waals surface area contributed by atoms with Crippen molar-refractivity contribution < 1.29 is 23.1 Å². The predicted octanol–water partition coefficient (Wildman–Crippen LogP) is 6.47. The minimum atomic E-state index is -4.55. The Morgan fingerprint density at radius 3 is 2.43 bits per heavy atom. The number of carboxylic acids is 1. The molecule has 0 saturated carbocycles. The molecule has 0 bridgehead atoms. The van der Waals surface area contributed by atoms with Crippen molar-refractivity contribution in [2.24, 2.45) is 0 Å². The first-order valence-electron chi connectivity index (χ1n) is 8.71. The molecule has 3 rings (SSSR count). The topological polar surface area (TPSA) is 53.4 Å². The van der Waals surface area contributed by atoms with Crippen LogP contribution in [0.3, 0.4) is 0 Å². The maximum atomic E-state index is 13.0. The number of pyridine rings is 1. The zero-order chi connectivity index (χ0) is 21.9. The van der Waals surface area contributed by atoms with E-state index in [1.807, 2.05) is 30.3 Å². The molecular weight excluding hydrogens is 437 g/mol. The molecule has 2 aromatic carbocycles. The molecule has 30 heavy (non-hydrogen) atoms. The van der Waals surface area contributed by atoms with Gasteiger partial charge in [0.15, 0.2) is 5.82 Å².